The smallest absolute Gasteiger partial charge is 0.191 e. The standard InChI is InChI=1S/C18H31N5.HI/c1-2-19-18(22-15-8-4-3-5-9-15)20-12-11-16-14-23-13-7-6-10-17(23)21-16;/h14-15H,2-13H2,1H3,(H2,19,20,22);1H. The van der Waals surface area contributed by atoms with Gasteiger partial charge in [-0.25, -0.2) is 4.98 Å². The molecule has 0 atom stereocenters. The molecule has 5 nitrogen and oxygen atoms in total. The van der Waals surface area contributed by atoms with E-state index in [1.54, 1.807) is 0 Å². The summed E-state index contributed by atoms with van der Waals surface area (Å²) in [6, 6.07) is 0.599. The SMILES string of the molecule is CCNC(=NCCc1cn2c(n1)CCCC2)NC1CCCCC1.I. The lowest BCUT2D eigenvalue weighted by Gasteiger charge is -2.24. The fraction of sp³-hybridized carbons (Fsp3) is 0.778. The Kier molecular flexibility index (Phi) is 8.35. The zero-order valence-electron chi connectivity index (χ0n) is 14.9. The van der Waals surface area contributed by atoms with Gasteiger partial charge in [-0.2, -0.15) is 0 Å². The van der Waals surface area contributed by atoms with Crippen molar-refractivity contribution < 1.29 is 0 Å². The lowest BCUT2D eigenvalue weighted by molar-refractivity contribution is 0.410. The molecule has 2 N–H and O–H groups in total. The first kappa shape index (κ1) is 19.5. The Balaban J connectivity index is 0.00000208. The Morgan fingerprint density at radius 1 is 1.25 bits per heavy atom. The maximum Gasteiger partial charge on any atom is 0.191 e. The number of rotatable bonds is 5. The minimum Gasteiger partial charge on any atom is -0.357 e. The van der Waals surface area contributed by atoms with E-state index in [1.165, 1.54) is 56.5 Å². The summed E-state index contributed by atoms with van der Waals surface area (Å²) in [5.41, 5.74) is 1.19. The molecule has 0 bridgehead atoms. The van der Waals surface area contributed by atoms with Crippen LogP contribution in [0.4, 0.5) is 0 Å². The van der Waals surface area contributed by atoms with Gasteiger partial charge in [0, 0.05) is 44.7 Å². The molecule has 0 amide bonds. The van der Waals surface area contributed by atoms with Gasteiger partial charge in [0.15, 0.2) is 5.96 Å². The minimum absolute atomic E-state index is 0. The van der Waals surface area contributed by atoms with E-state index in [2.05, 4.69) is 28.3 Å². The largest absolute Gasteiger partial charge is 0.357 e. The number of nitrogens with one attached hydrogen (secondary N) is 2. The van der Waals surface area contributed by atoms with Gasteiger partial charge in [0.05, 0.1) is 5.69 Å². The highest BCUT2D eigenvalue weighted by Crippen LogP contribution is 2.17. The Bertz CT molecular complexity index is 496. The first-order valence-corrected chi connectivity index (χ1v) is 9.45. The molecule has 24 heavy (non-hydrogen) atoms. The fourth-order valence-corrected chi connectivity index (χ4v) is 3.63. The highest BCUT2D eigenvalue weighted by molar-refractivity contribution is 14.0. The Hall–Kier alpha value is -0.790. The maximum absolute atomic E-state index is 4.76. The molecule has 2 heterocycles. The van der Waals surface area contributed by atoms with Crippen LogP contribution in [0.3, 0.4) is 0 Å². The van der Waals surface area contributed by atoms with Gasteiger partial charge in [-0.15, -0.1) is 24.0 Å². The van der Waals surface area contributed by atoms with Crippen LogP contribution >= 0.6 is 24.0 Å². The van der Waals surface area contributed by atoms with E-state index in [1.807, 2.05) is 0 Å². The van der Waals surface area contributed by atoms with E-state index in [0.29, 0.717) is 6.04 Å². The number of guanidine groups is 1. The fourth-order valence-electron chi connectivity index (χ4n) is 3.63. The lowest BCUT2D eigenvalue weighted by atomic mass is 9.96. The summed E-state index contributed by atoms with van der Waals surface area (Å²) in [6.45, 7) is 4.98. The average Bonchev–Trinajstić information content (AvgIpc) is 2.98. The van der Waals surface area contributed by atoms with E-state index in [9.17, 15) is 0 Å². The normalized spacial score (nSPS) is 18.6. The second kappa shape index (κ2) is 10.3. The summed E-state index contributed by atoms with van der Waals surface area (Å²) in [6.07, 6.45) is 13.5. The molecule has 1 aromatic rings. The number of nitrogens with zero attached hydrogens (tertiary/aromatic N) is 3. The van der Waals surface area contributed by atoms with Crippen molar-refractivity contribution in [3.05, 3.63) is 17.7 Å². The van der Waals surface area contributed by atoms with Crippen molar-refractivity contribution in [1.29, 1.82) is 0 Å². The summed E-state index contributed by atoms with van der Waals surface area (Å²) in [5.74, 6) is 2.24. The molecule has 0 aromatic carbocycles. The topological polar surface area (TPSA) is 54.2 Å². The van der Waals surface area contributed by atoms with Crippen LogP contribution in [0.1, 0.15) is 63.4 Å². The second-order valence-electron chi connectivity index (χ2n) is 6.79. The number of aromatic nitrogens is 2. The number of hydrogen-bond acceptors (Lipinski definition) is 2. The van der Waals surface area contributed by atoms with E-state index < -0.39 is 0 Å². The predicted molar refractivity (Wildman–Crippen MR) is 110 cm³/mol. The molecular weight excluding hydrogens is 413 g/mol. The molecule has 0 unspecified atom stereocenters. The van der Waals surface area contributed by atoms with Crippen LogP contribution in [0.15, 0.2) is 11.2 Å². The average molecular weight is 445 g/mol. The third-order valence-electron chi connectivity index (χ3n) is 4.89. The van der Waals surface area contributed by atoms with Crippen molar-refractivity contribution in [3.8, 4) is 0 Å². The number of imidazole rings is 1. The maximum atomic E-state index is 4.76. The third kappa shape index (κ3) is 5.63. The third-order valence-corrected chi connectivity index (χ3v) is 4.89. The van der Waals surface area contributed by atoms with Gasteiger partial charge in [-0.1, -0.05) is 19.3 Å². The van der Waals surface area contributed by atoms with E-state index in [-0.39, 0.29) is 24.0 Å². The molecule has 0 saturated heterocycles. The van der Waals surface area contributed by atoms with Gasteiger partial charge in [0.2, 0.25) is 0 Å². The summed E-state index contributed by atoms with van der Waals surface area (Å²) >= 11 is 0. The summed E-state index contributed by atoms with van der Waals surface area (Å²) in [4.78, 5) is 9.52. The van der Waals surface area contributed by atoms with Crippen molar-refractivity contribution in [2.45, 2.75) is 77.3 Å². The molecule has 1 fully saturated rings. The zero-order valence-corrected chi connectivity index (χ0v) is 17.2. The van der Waals surface area contributed by atoms with Crippen LogP contribution in [0.25, 0.3) is 0 Å². The molecule has 0 radical (unpaired) electrons. The monoisotopic (exact) mass is 445 g/mol. The molecule has 6 heteroatoms. The van der Waals surface area contributed by atoms with Gasteiger partial charge < -0.3 is 15.2 Å². The summed E-state index contributed by atoms with van der Waals surface area (Å²) in [5, 5.41) is 6.98. The molecule has 1 saturated carbocycles. The Labute approximate surface area is 163 Å². The molecule has 2 aliphatic rings. The highest BCUT2D eigenvalue weighted by atomic mass is 127. The number of hydrogen-bond donors (Lipinski definition) is 2. The van der Waals surface area contributed by atoms with Gasteiger partial charge >= 0.3 is 0 Å². The minimum atomic E-state index is 0. The Morgan fingerprint density at radius 3 is 2.83 bits per heavy atom. The summed E-state index contributed by atoms with van der Waals surface area (Å²) in [7, 11) is 0. The number of aliphatic imine (C=N–C) groups is 1. The van der Waals surface area contributed by atoms with Gasteiger partial charge in [-0.05, 0) is 32.6 Å². The van der Waals surface area contributed by atoms with Crippen molar-refractivity contribution in [2.75, 3.05) is 13.1 Å². The van der Waals surface area contributed by atoms with E-state index in [4.69, 9.17) is 9.98 Å². The van der Waals surface area contributed by atoms with Crippen molar-refractivity contribution in [1.82, 2.24) is 20.2 Å². The van der Waals surface area contributed by atoms with Crippen LogP contribution in [-0.2, 0) is 19.4 Å². The van der Waals surface area contributed by atoms with Crippen LogP contribution in [0.2, 0.25) is 0 Å². The van der Waals surface area contributed by atoms with Crippen molar-refractivity contribution >= 4 is 29.9 Å². The van der Waals surface area contributed by atoms with E-state index in [0.717, 1.165) is 38.4 Å². The molecule has 1 aliphatic carbocycles. The number of aryl methyl sites for hydroxylation is 2. The van der Waals surface area contributed by atoms with Crippen molar-refractivity contribution in [3.63, 3.8) is 0 Å². The number of fused-ring (bicyclic) bond motifs is 1. The van der Waals surface area contributed by atoms with Gasteiger partial charge in [0.25, 0.3) is 0 Å². The first-order valence-electron chi connectivity index (χ1n) is 9.45. The number of halogens is 1. The summed E-state index contributed by atoms with van der Waals surface area (Å²) < 4.78 is 2.33. The Morgan fingerprint density at radius 2 is 2.08 bits per heavy atom. The molecule has 0 spiro atoms. The van der Waals surface area contributed by atoms with Gasteiger partial charge in [-0.3, -0.25) is 4.99 Å². The van der Waals surface area contributed by atoms with Crippen LogP contribution in [0, 0.1) is 0 Å². The van der Waals surface area contributed by atoms with E-state index >= 15 is 0 Å². The molecule has 1 aliphatic heterocycles. The first-order chi connectivity index (χ1) is 11.3. The van der Waals surface area contributed by atoms with Crippen molar-refractivity contribution in [2.24, 2.45) is 4.99 Å². The molecule has 1 aromatic heterocycles. The quantitative estimate of drug-likeness (QED) is 0.416. The van der Waals surface area contributed by atoms with Gasteiger partial charge in [0.1, 0.15) is 5.82 Å². The van der Waals surface area contributed by atoms with Crippen LogP contribution < -0.4 is 10.6 Å². The predicted octanol–water partition coefficient (Wildman–Crippen LogP) is 3.27. The highest BCUT2D eigenvalue weighted by Gasteiger charge is 2.15. The lowest BCUT2D eigenvalue weighted by Crippen LogP contribution is -2.44. The molecular formula is C18H32IN5. The van der Waals surface area contributed by atoms with Crippen LogP contribution in [-0.4, -0.2) is 34.6 Å². The zero-order chi connectivity index (χ0) is 15.9. The van der Waals surface area contributed by atoms with Crippen LogP contribution in [0.5, 0.6) is 0 Å². The molecule has 136 valence electrons. The second-order valence-corrected chi connectivity index (χ2v) is 6.79. The molecule has 3 rings (SSSR count).